The van der Waals surface area contributed by atoms with Crippen molar-refractivity contribution >= 4 is 0 Å². The van der Waals surface area contributed by atoms with E-state index in [2.05, 4.69) is 0 Å². The molecule has 2 aromatic carbocycles. The van der Waals surface area contributed by atoms with Crippen LogP contribution >= 0.6 is 0 Å². The SMILES string of the molecule is Cc1cc(F)c(C(O)c2ccccc2C)cc1F. The van der Waals surface area contributed by atoms with Gasteiger partial charge < -0.3 is 5.11 Å². The number of rotatable bonds is 2. The van der Waals surface area contributed by atoms with E-state index in [1.807, 2.05) is 19.1 Å². The lowest BCUT2D eigenvalue weighted by molar-refractivity contribution is 0.213. The maximum atomic E-state index is 13.8. The fraction of sp³-hybridized carbons (Fsp3) is 0.200. The van der Waals surface area contributed by atoms with Crippen molar-refractivity contribution in [2.45, 2.75) is 20.0 Å². The molecule has 18 heavy (non-hydrogen) atoms. The van der Waals surface area contributed by atoms with Gasteiger partial charge >= 0.3 is 0 Å². The smallest absolute Gasteiger partial charge is 0.129 e. The van der Waals surface area contributed by atoms with E-state index >= 15 is 0 Å². The standard InChI is InChI=1S/C15H14F2O/c1-9-5-3-4-6-11(9)15(18)12-8-13(16)10(2)7-14(12)17/h3-8,15,18H,1-2H3. The molecule has 1 unspecified atom stereocenters. The molecule has 0 fully saturated rings. The Labute approximate surface area is 105 Å². The molecule has 0 aliphatic carbocycles. The summed E-state index contributed by atoms with van der Waals surface area (Å²) in [6.07, 6.45) is -1.15. The molecule has 0 bridgehead atoms. The predicted molar refractivity (Wildman–Crippen MR) is 66.3 cm³/mol. The number of aryl methyl sites for hydroxylation is 2. The van der Waals surface area contributed by atoms with Crippen LogP contribution in [0.5, 0.6) is 0 Å². The summed E-state index contributed by atoms with van der Waals surface area (Å²) in [6, 6.07) is 9.28. The van der Waals surface area contributed by atoms with Crippen molar-refractivity contribution in [1.82, 2.24) is 0 Å². The number of benzene rings is 2. The van der Waals surface area contributed by atoms with Gasteiger partial charge in [-0.15, -0.1) is 0 Å². The highest BCUT2D eigenvalue weighted by Crippen LogP contribution is 2.28. The summed E-state index contributed by atoms with van der Waals surface area (Å²) in [7, 11) is 0. The molecule has 0 aromatic heterocycles. The first-order chi connectivity index (χ1) is 8.50. The third-order valence-corrected chi connectivity index (χ3v) is 3.06. The van der Waals surface area contributed by atoms with Crippen LogP contribution in [-0.2, 0) is 0 Å². The van der Waals surface area contributed by atoms with Crippen molar-refractivity contribution in [3.63, 3.8) is 0 Å². The van der Waals surface area contributed by atoms with Gasteiger partial charge in [0, 0.05) is 5.56 Å². The quantitative estimate of drug-likeness (QED) is 0.859. The highest BCUT2D eigenvalue weighted by atomic mass is 19.1. The van der Waals surface area contributed by atoms with E-state index in [1.54, 1.807) is 12.1 Å². The Bertz CT molecular complexity index is 579. The van der Waals surface area contributed by atoms with Gasteiger partial charge in [-0.1, -0.05) is 24.3 Å². The van der Waals surface area contributed by atoms with E-state index in [1.165, 1.54) is 6.92 Å². The largest absolute Gasteiger partial charge is 0.384 e. The lowest BCUT2D eigenvalue weighted by Crippen LogP contribution is -2.05. The Balaban J connectivity index is 2.50. The van der Waals surface area contributed by atoms with Gasteiger partial charge in [0.25, 0.3) is 0 Å². The first-order valence-corrected chi connectivity index (χ1v) is 5.70. The van der Waals surface area contributed by atoms with E-state index < -0.39 is 17.7 Å². The Morgan fingerprint density at radius 1 is 0.889 bits per heavy atom. The second kappa shape index (κ2) is 4.86. The Kier molecular flexibility index (Phi) is 3.43. The van der Waals surface area contributed by atoms with Crippen LogP contribution in [0.1, 0.15) is 28.4 Å². The molecule has 1 N–H and O–H groups in total. The van der Waals surface area contributed by atoms with Gasteiger partial charge in [0.15, 0.2) is 0 Å². The minimum Gasteiger partial charge on any atom is -0.384 e. The highest BCUT2D eigenvalue weighted by Gasteiger charge is 2.18. The van der Waals surface area contributed by atoms with Crippen LogP contribution in [0.25, 0.3) is 0 Å². The summed E-state index contributed by atoms with van der Waals surface area (Å²) >= 11 is 0. The van der Waals surface area contributed by atoms with Gasteiger partial charge in [-0.2, -0.15) is 0 Å². The molecule has 0 spiro atoms. The van der Waals surface area contributed by atoms with Gasteiger partial charge in [-0.05, 0) is 42.7 Å². The molecule has 0 heterocycles. The molecule has 0 saturated heterocycles. The normalized spacial score (nSPS) is 12.5. The van der Waals surface area contributed by atoms with Gasteiger partial charge in [0.2, 0.25) is 0 Å². The number of halogens is 2. The summed E-state index contributed by atoms with van der Waals surface area (Å²) in [5, 5.41) is 10.2. The van der Waals surface area contributed by atoms with Gasteiger partial charge in [-0.3, -0.25) is 0 Å². The molecule has 0 radical (unpaired) electrons. The molecule has 0 aliphatic heterocycles. The molecular formula is C15H14F2O. The molecule has 0 aliphatic rings. The molecule has 2 aromatic rings. The minimum absolute atomic E-state index is 0.0348. The highest BCUT2D eigenvalue weighted by molar-refractivity contribution is 5.37. The third-order valence-electron chi connectivity index (χ3n) is 3.06. The molecular weight excluding hydrogens is 234 g/mol. The molecule has 1 nitrogen and oxygen atoms in total. The molecule has 3 heteroatoms. The lowest BCUT2D eigenvalue weighted by Gasteiger charge is -2.15. The van der Waals surface area contributed by atoms with Crippen molar-refractivity contribution in [3.05, 3.63) is 70.3 Å². The van der Waals surface area contributed by atoms with Crippen molar-refractivity contribution in [2.75, 3.05) is 0 Å². The molecule has 1 atom stereocenters. The Morgan fingerprint density at radius 2 is 1.56 bits per heavy atom. The number of aliphatic hydroxyl groups excluding tert-OH is 1. The first-order valence-electron chi connectivity index (χ1n) is 5.70. The summed E-state index contributed by atoms with van der Waals surface area (Å²) in [6.45, 7) is 3.31. The van der Waals surface area contributed by atoms with Crippen LogP contribution in [-0.4, -0.2) is 5.11 Å². The Morgan fingerprint density at radius 3 is 2.22 bits per heavy atom. The summed E-state index contributed by atoms with van der Waals surface area (Å²) < 4.78 is 27.2. The maximum absolute atomic E-state index is 13.8. The zero-order valence-corrected chi connectivity index (χ0v) is 10.2. The lowest BCUT2D eigenvalue weighted by atomic mass is 9.96. The van der Waals surface area contributed by atoms with Crippen molar-refractivity contribution in [2.24, 2.45) is 0 Å². The van der Waals surface area contributed by atoms with Crippen LogP contribution < -0.4 is 0 Å². The predicted octanol–water partition coefficient (Wildman–Crippen LogP) is 3.66. The monoisotopic (exact) mass is 248 g/mol. The minimum atomic E-state index is -1.15. The van der Waals surface area contributed by atoms with E-state index in [0.717, 1.165) is 17.7 Å². The molecule has 94 valence electrons. The van der Waals surface area contributed by atoms with Crippen LogP contribution in [0.3, 0.4) is 0 Å². The summed E-state index contributed by atoms with van der Waals surface area (Å²) in [5.41, 5.74) is 1.62. The zero-order valence-electron chi connectivity index (χ0n) is 10.2. The van der Waals surface area contributed by atoms with Gasteiger partial charge in [0.1, 0.15) is 17.7 Å². The number of hydrogen-bond acceptors (Lipinski definition) is 1. The second-order valence-electron chi connectivity index (χ2n) is 4.38. The second-order valence-corrected chi connectivity index (χ2v) is 4.38. The van der Waals surface area contributed by atoms with E-state index in [4.69, 9.17) is 0 Å². The maximum Gasteiger partial charge on any atom is 0.129 e. The topological polar surface area (TPSA) is 20.2 Å². The van der Waals surface area contributed by atoms with E-state index in [-0.39, 0.29) is 11.1 Å². The zero-order chi connectivity index (χ0) is 13.3. The van der Waals surface area contributed by atoms with Crippen LogP contribution in [0.2, 0.25) is 0 Å². The first kappa shape index (κ1) is 12.7. The number of hydrogen-bond donors (Lipinski definition) is 1. The average molecular weight is 248 g/mol. The molecule has 2 rings (SSSR count). The van der Waals surface area contributed by atoms with Crippen LogP contribution in [0.15, 0.2) is 36.4 Å². The fourth-order valence-corrected chi connectivity index (χ4v) is 1.93. The van der Waals surface area contributed by atoms with E-state index in [9.17, 15) is 13.9 Å². The van der Waals surface area contributed by atoms with Crippen LogP contribution in [0.4, 0.5) is 8.78 Å². The fourth-order valence-electron chi connectivity index (χ4n) is 1.93. The van der Waals surface area contributed by atoms with Gasteiger partial charge in [0.05, 0.1) is 0 Å². The molecule has 0 saturated carbocycles. The van der Waals surface area contributed by atoms with Gasteiger partial charge in [-0.25, -0.2) is 8.78 Å². The third kappa shape index (κ3) is 2.27. The van der Waals surface area contributed by atoms with E-state index in [0.29, 0.717) is 5.56 Å². The molecule has 0 amide bonds. The summed E-state index contributed by atoms with van der Waals surface area (Å²) in [4.78, 5) is 0. The summed E-state index contributed by atoms with van der Waals surface area (Å²) in [5.74, 6) is -1.11. The number of aliphatic hydroxyl groups is 1. The van der Waals surface area contributed by atoms with Crippen LogP contribution in [0, 0.1) is 25.5 Å². The van der Waals surface area contributed by atoms with Crippen molar-refractivity contribution < 1.29 is 13.9 Å². The van der Waals surface area contributed by atoms with Crippen molar-refractivity contribution in [1.29, 1.82) is 0 Å². The average Bonchev–Trinajstić information content (AvgIpc) is 2.33. The Hall–Kier alpha value is -1.74. The van der Waals surface area contributed by atoms with Crippen molar-refractivity contribution in [3.8, 4) is 0 Å².